The molecule has 25 heavy (non-hydrogen) atoms. The zero-order chi connectivity index (χ0) is 17.4. The Kier molecular flexibility index (Phi) is 6.92. The van der Waals surface area contributed by atoms with Crippen molar-refractivity contribution in [3.63, 3.8) is 0 Å². The Labute approximate surface area is 156 Å². The molecule has 134 valence electrons. The molecule has 1 aliphatic carbocycles. The Bertz CT molecular complexity index is 627. The van der Waals surface area contributed by atoms with E-state index in [4.69, 9.17) is 20.9 Å². The molecule has 0 aromatic heterocycles. The van der Waals surface area contributed by atoms with Crippen molar-refractivity contribution in [3.05, 3.63) is 60.7 Å². The molecule has 0 spiro atoms. The maximum atomic E-state index is 6.17. The van der Waals surface area contributed by atoms with Gasteiger partial charge < -0.3 is 9.05 Å². The Morgan fingerprint density at radius 3 is 1.64 bits per heavy atom. The molecule has 0 atom stereocenters. The van der Waals surface area contributed by atoms with Crippen molar-refractivity contribution < 1.29 is 9.05 Å². The number of hydrogen-bond donors (Lipinski definition) is 1. The van der Waals surface area contributed by atoms with Gasteiger partial charge in [-0.2, -0.15) is 0 Å². The molecule has 1 N–H and O–H groups in total. The van der Waals surface area contributed by atoms with Crippen molar-refractivity contribution in [3.8, 4) is 11.5 Å². The van der Waals surface area contributed by atoms with E-state index in [-0.39, 0.29) is 0 Å². The number of para-hydroxylation sites is 2. The summed E-state index contributed by atoms with van der Waals surface area (Å²) in [5.41, 5.74) is 0. The molecular weight excluding hydrogens is 349 g/mol. The van der Waals surface area contributed by atoms with E-state index in [1.165, 1.54) is 32.1 Å². The highest BCUT2D eigenvalue weighted by Crippen LogP contribution is 2.46. The monoisotopic (exact) mass is 375 g/mol. The zero-order valence-electron chi connectivity index (χ0n) is 14.5. The lowest BCUT2D eigenvalue weighted by Crippen LogP contribution is -2.30. The smallest absolute Gasteiger partial charge is 0.365 e. The average molecular weight is 375 g/mol. The quantitative estimate of drug-likeness (QED) is 0.621. The minimum atomic E-state index is -2.68. The van der Waals surface area contributed by atoms with Gasteiger partial charge in [-0.05, 0) is 37.1 Å². The number of benzene rings is 2. The zero-order valence-corrected chi connectivity index (χ0v) is 16.2. The normalized spacial score (nSPS) is 16.6. The predicted molar refractivity (Wildman–Crippen MR) is 108 cm³/mol. The van der Waals surface area contributed by atoms with Crippen LogP contribution in [0.15, 0.2) is 60.7 Å². The molecule has 2 aromatic carbocycles. The van der Waals surface area contributed by atoms with E-state index in [9.17, 15) is 0 Å². The summed E-state index contributed by atoms with van der Waals surface area (Å²) in [6.45, 7) is -2.68. The maximum absolute atomic E-state index is 6.17. The van der Waals surface area contributed by atoms with E-state index >= 15 is 0 Å². The average Bonchev–Trinajstić information content (AvgIpc) is 2.59. The van der Waals surface area contributed by atoms with Crippen LogP contribution in [-0.2, 0) is 11.8 Å². The van der Waals surface area contributed by atoms with Gasteiger partial charge in [0.25, 0.3) is 0 Å². The summed E-state index contributed by atoms with van der Waals surface area (Å²) in [7, 11) is 0. The first-order chi connectivity index (χ1) is 12.2. The lowest BCUT2D eigenvalue weighted by atomic mass is 9.97. The van der Waals surface area contributed by atoms with Crippen LogP contribution in [0.5, 0.6) is 11.5 Å². The second-order valence-electron chi connectivity index (χ2n) is 6.48. The molecule has 0 saturated heterocycles. The lowest BCUT2D eigenvalue weighted by molar-refractivity contribution is 0.400. The van der Waals surface area contributed by atoms with Crippen molar-refractivity contribution in [2.24, 2.45) is 0 Å². The molecule has 2 aromatic rings. The van der Waals surface area contributed by atoms with Gasteiger partial charge in [0.05, 0.1) is 0 Å². The van der Waals surface area contributed by atoms with Crippen LogP contribution in [0.25, 0.3) is 0 Å². The molecular formula is C20H26NO2PS. The van der Waals surface area contributed by atoms with Crippen molar-refractivity contribution in [2.45, 2.75) is 51.0 Å². The first kappa shape index (κ1) is 18.4. The van der Waals surface area contributed by atoms with E-state index < -0.39 is 6.64 Å². The second kappa shape index (κ2) is 9.38. The fraction of sp³-hybridized carbons (Fsp3) is 0.400. The highest BCUT2D eigenvalue weighted by Gasteiger charge is 2.27. The third-order valence-electron chi connectivity index (χ3n) is 4.38. The minimum Gasteiger partial charge on any atom is -0.425 e. The van der Waals surface area contributed by atoms with Gasteiger partial charge in [0, 0.05) is 17.8 Å². The van der Waals surface area contributed by atoms with E-state index in [2.05, 4.69) is 5.09 Å². The number of rotatable bonds is 6. The van der Waals surface area contributed by atoms with Crippen LogP contribution < -0.4 is 14.1 Å². The van der Waals surface area contributed by atoms with Crippen molar-refractivity contribution >= 4 is 18.4 Å². The Morgan fingerprint density at radius 1 is 0.720 bits per heavy atom. The van der Waals surface area contributed by atoms with Gasteiger partial charge in [-0.25, -0.2) is 5.09 Å². The van der Waals surface area contributed by atoms with Gasteiger partial charge in [0.1, 0.15) is 11.5 Å². The van der Waals surface area contributed by atoms with Gasteiger partial charge in [0.15, 0.2) is 0 Å². The highest BCUT2D eigenvalue weighted by molar-refractivity contribution is 8.09. The van der Waals surface area contributed by atoms with Crippen LogP contribution in [0.2, 0.25) is 0 Å². The molecule has 1 fully saturated rings. The number of hydrogen-bond acceptors (Lipinski definition) is 3. The molecule has 1 saturated carbocycles. The Hall–Kier alpha value is -1.35. The molecule has 0 unspecified atom stereocenters. The van der Waals surface area contributed by atoms with Crippen molar-refractivity contribution in [1.29, 1.82) is 0 Å². The predicted octanol–water partition coefficient (Wildman–Crippen LogP) is 6.07. The fourth-order valence-corrected chi connectivity index (χ4v) is 5.73. The van der Waals surface area contributed by atoms with E-state index in [1.54, 1.807) is 0 Å². The summed E-state index contributed by atoms with van der Waals surface area (Å²) in [4.78, 5) is 0. The third-order valence-corrected chi connectivity index (χ3v) is 6.73. The highest BCUT2D eigenvalue weighted by atomic mass is 32.5. The van der Waals surface area contributed by atoms with Crippen molar-refractivity contribution in [1.82, 2.24) is 5.09 Å². The molecule has 3 nitrogen and oxygen atoms in total. The molecule has 5 heteroatoms. The van der Waals surface area contributed by atoms with Crippen LogP contribution in [0, 0.1) is 0 Å². The lowest BCUT2D eigenvalue weighted by Gasteiger charge is -2.29. The first-order valence-corrected chi connectivity index (χ1v) is 11.7. The molecule has 3 rings (SSSR count). The van der Waals surface area contributed by atoms with Gasteiger partial charge in [-0.15, -0.1) is 0 Å². The van der Waals surface area contributed by atoms with Gasteiger partial charge in [0.2, 0.25) is 0 Å². The summed E-state index contributed by atoms with van der Waals surface area (Å²) >= 11 is 5.88. The topological polar surface area (TPSA) is 30.5 Å². The molecule has 0 radical (unpaired) electrons. The van der Waals surface area contributed by atoms with Gasteiger partial charge in [-0.1, -0.05) is 68.5 Å². The minimum absolute atomic E-state index is 0.360. The van der Waals surface area contributed by atoms with E-state index in [1.807, 2.05) is 60.7 Å². The summed E-state index contributed by atoms with van der Waals surface area (Å²) in [5, 5.41) is 3.58. The Balaban J connectivity index is 1.76. The SMILES string of the molecule is S=P(NC1CCCCCCC1)(Oc1ccccc1)Oc1ccccc1. The van der Waals surface area contributed by atoms with Crippen LogP contribution in [-0.4, -0.2) is 6.04 Å². The molecule has 0 bridgehead atoms. The second-order valence-corrected chi connectivity index (χ2v) is 9.54. The standard InChI is InChI=1S/C20H26NO2PS/c25-24(22-19-14-8-4-9-15-19,23-20-16-10-5-11-17-20)21-18-12-6-2-1-3-7-13-18/h4-5,8-11,14-18H,1-3,6-7,12-13H2,(H,21,25). The molecule has 0 amide bonds. The number of nitrogens with one attached hydrogen (secondary N) is 1. The largest absolute Gasteiger partial charge is 0.425 e. The van der Waals surface area contributed by atoms with Gasteiger partial charge in [-0.3, -0.25) is 0 Å². The fourth-order valence-electron chi connectivity index (χ4n) is 3.12. The summed E-state index contributed by atoms with van der Waals surface area (Å²) in [5.74, 6) is 1.50. The summed E-state index contributed by atoms with van der Waals surface area (Å²) < 4.78 is 12.3. The van der Waals surface area contributed by atoms with Crippen molar-refractivity contribution in [2.75, 3.05) is 0 Å². The van der Waals surface area contributed by atoms with E-state index in [0.717, 1.165) is 24.3 Å². The van der Waals surface area contributed by atoms with Crippen LogP contribution in [0.3, 0.4) is 0 Å². The first-order valence-electron chi connectivity index (χ1n) is 9.11. The van der Waals surface area contributed by atoms with E-state index in [0.29, 0.717) is 6.04 Å². The van der Waals surface area contributed by atoms with Crippen LogP contribution >= 0.6 is 6.64 Å². The summed E-state index contributed by atoms with van der Waals surface area (Å²) in [6.07, 6.45) is 8.71. The third kappa shape index (κ3) is 6.14. The molecule has 0 aliphatic heterocycles. The molecule has 1 aliphatic rings. The molecule has 0 heterocycles. The Morgan fingerprint density at radius 2 is 1.16 bits per heavy atom. The maximum Gasteiger partial charge on any atom is 0.365 e. The summed E-state index contributed by atoms with van der Waals surface area (Å²) in [6, 6.07) is 19.8. The van der Waals surface area contributed by atoms with Gasteiger partial charge >= 0.3 is 6.64 Å². The van der Waals surface area contributed by atoms with Crippen LogP contribution in [0.1, 0.15) is 44.9 Å². The van der Waals surface area contributed by atoms with Crippen LogP contribution in [0.4, 0.5) is 0 Å².